The molecule has 0 aliphatic rings. The first-order valence-electron chi connectivity index (χ1n) is 8.72. The second-order valence-electron chi connectivity index (χ2n) is 6.21. The zero-order valence-corrected chi connectivity index (χ0v) is 15.8. The van der Waals surface area contributed by atoms with E-state index in [4.69, 9.17) is 16.0 Å². The van der Waals surface area contributed by atoms with Gasteiger partial charge in [0.25, 0.3) is 5.91 Å². The van der Waals surface area contributed by atoms with Gasteiger partial charge < -0.3 is 9.73 Å². The molecule has 2 heterocycles. The first kappa shape index (κ1) is 18.0. The number of nitrogens with zero attached hydrogens (tertiary/aromatic N) is 3. The van der Waals surface area contributed by atoms with Gasteiger partial charge in [0.05, 0.1) is 6.26 Å². The van der Waals surface area contributed by atoms with Gasteiger partial charge in [0.15, 0.2) is 5.76 Å². The minimum atomic E-state index is -0.273. The summed E-state index contributed by atoms with van der Waals surface area (Å²) in [7, 11) is 0. The smallest absolute Gasteiger partial charge is 0.281 e. The van der Waals surface area contributed by atoms with E-state index in [1.165, 1.54) is 10.9 Å². The highest BCUT2D eigenvalue weighted by Crippen LogP contribution is 2.22. The number of hydrogen-bond donors (Lipinski definition) is 1. The van der Waals surface area contributed by atoms with Crippen LogP contribution in [0.15, 0.2) is 71.3 Å². The SMILES string of the molecule is Cc1ccccc1C(=O)n1nc(-c2ccco2)nc1NCc1ccccc1Cl. The standard InChI is InChI=1S/C21H17ClN4O2/c1-14-7-2-4-9-16(14)20(27)26-21(23-13-15-8-3-5-10-17(15)22)24-19(25-26)18-11-6-12-28-18/h2-12H,13H2,1H3,(H,23,24,25). The van der Waals surface area contributed by atoms with Crippen LogP contribution in [0.5, 0.6) is 0 Å². The van der Waals surface area contributed by atoms with E-state index < -0.39 is 0 Å². The van der Waals surface area contributed by atoms with Gasteiger partial charge in [0.1, 0.15) is 0 Å². The van der Waals surface area contributed by atoms with Crippen molar-refractivity contribution in [3.8, 4) is 11.6 Å². The van der Waals surface area contributed by atoms with Gasteiger partial charge in [-0.15, -0.1) is 5.10 Å². The summed E-state index contributed by atoms with van der Waals surface area (Å²) in [5.41, 5.74) is 2.31. The van der Waals surface area contributed by atoms with Gasteiger partial charge in [0, 0.05) is 17.1 Å². The van der Waals surface area contributed by atoms with Crippen LogP contribution in [0.25, 0.3) is 11.6 Å². The molecule has 4 aromatic rings. The Labute approximate surface area is 166 Å². The first-order valence-corrected chi connectivity index (χ1v) is 9.10. The Kier molecular flexibility index (Phi) is 4.95. The van der Waals surface area contributed by atoms with Gasteiger partial charge in [-0.05, 0) is 42.3 Å². The molecule has 0 atom stereocenters. The summed E-state index contributed by atoms with van der Waals surface area (Å²) < 4.78 is 6.64. The second kappa shape index (κ2) is 7.70. The fraction of sp³-hybridized carbons (Fsp3) is 0.0952. The number of halogens is 1. The molecule has 0 aliphatic carbocycles. The molecule has 6 nitrogen and oxygen atoms in total. The van der Waals surface area contributed by atoms with Crippen molar-refractivity contribution < 1.29 is 9.21 Å². The molecule has 0 bridgehead atoms. The zero-order valence-electron chi connectivity index (χ0n) is 15.1. The third-order valence-corrected chi connectivity index (χ3v) is 4.68. The quantitative estimate of drug-likeness (QED) is 0.528. The van der Waals surface area contributed by atoms with E-state index in [-0.39, 0.29) is 5.91 Å². The van der Waals surface area contributed by atoms with Crippen LogP contribution in [-0.4, -0.2) is 20.7 Å². The van der Waals surface area contributed by atoms with Gasteiger partial charge in [-0.25, -0.2) is 0 Å². The van der Waals surface area contributed by atoms with Crippen molar-refractivity contribution in [1.29, 1.82) is 0 Å². The van der Waals surface area contributed by atoms with Crippen LogP contribution in [-0.2, 0) is 6.54 Å². The number of carbonyl (C=O) groups excluding carboxylic acids is 1. The van der Waals surface area contributed by atoms with Crippen molar-refractivity contribution in [3.63, 3.8) is 0 Å². The summed E-state index contributed by atoms with van der Waals surface area (Å²) in [6.45, 7) is 2.28. The third kappa shape index (κ3) is 3.54. The molecular formula is C21H17ClN4O2. The summed E-state index contributed by atoms with van der Waals surface area (Å²) in [4.78, 5) is 17.6. The Morgan fingerprint density at radius 2 is 1.89 bits per heavy atom. The lowest BCUT2D eigenvalue weighted by Gasteiger charge is -2.09. The first-order chi connectivity index (χ1) is 13.6. The van der Waals surface area contributed by atoms with Crippen molar-refractivity contribution in [2.75, 3.05) is 5.32 Å². The summed E-state index contributed by atoms with van der Waals surface area (Å²) in [5.74, 6) is 0.857. The predicted octanol–water partition coefficient (Wildman–Crippen LogP) is 4.80. The molecule has 0 unspecified atom stereocenters. The molecule has 0 saturated carbocycles. The molecule has 4 rings (SSSR count). The van der Waals surface area contributed by atoms with E-state index in [0.29, 0.717) is 34.7 Å². The summed E-state index contributed by atoms with van der Waals surface area (Å²) in [6, 6.07) is 18.3. The van der Waals surface area contributed by atoms with Crippen LogP contribution in [0, 0.1) is 6.92 Å². The number of rotatable bonds is 5. The van der Waals surface area contributed by atoms with Crippen molar-refractivity contribution >= 4 is 23.5 Å². The zero-order chi connectivity index (χ0) is 19.5. The number of hydrogen-bond acceptors (Lipinski definition) is 5. The molecule has 0 amide bonds. The van der Waals surface area contributed by atoms with Crippen molar-refractivity contribution in [1.82, 2.24) is 14.8 Å². The normalized spacial score (nSPS) is 10.8. The Morgan fingerprint density at radius 1 is 1.11 bits per heavy atom. The van der Waals surface area contributed by atoms with E-state index >= 15 is 0 Å². The molecule has 0 radical (unpaired) electrons. The lowest BCUT2D eigenvalue weighted by Crippen LogP contribution is -2.18. The van der Waals surface area contributed by atoms with Gasteiger partial charge in [0.2, 0.25) is 11.8 Å². The molecule has 0 saturated heterocycles. The molecular weight excluding hydrogens is 376 g/mol. The number of benzene rings is 2. The van der Waals surface area contributed by atoms with E-state index in [0.717, 1.165) is 11.1 Å². The predicted molar refractivity (Wildman–Crippen MR) is 107 cm³/mol. The van der Waals surface area contributed by atoms with Crippen molar-refractivity contribution in [3.05, 3.63) is 88.6 Å². The van der Waals surface area contributed by atoms with Gasteiger partial charge in [-0.3, -0.25) is 4.79 Å². The number of nitrogens with one attached hydrogen (secondary N) is 1. The molecule has 0 aliphatic heterocycles. The molecule has 2 aromatic carbocycles. The maximum Gasteiger partial charge on any atom is 0.281 e. The van der Waals surface area contributed by atoms with Crippen LogP contribution in [0.1, 0.15) is 21.5 Å². The minimum absolute atomic E-state index is 0.273. The number of aromatic nitrogens is 3. The Bertz CT molecular complexity index is 1120. The molecule has 140 valence electrons. The Balaban J connectivity index is 1.71. The van der Waals surface area contributed by atoms with E-state index in [2.05, 4.69) is 15.4 Å². The molecule has 2 aromatic heterocycles. The van der Waals surface area contributed by atoms with Crippen LogP contribution in [0.4, 0.5) is 5.95 Å². The van der Waals surface area contributed by atoms with Gasteiger partial charge >= 0.3 is 0 Å². The average molecular weight is 393 g/mol. The minimum Gasteiger partial charge on any atom is -0.461 e. The lowest BCUT2D eigenvalue weighted by molar-refractivity contribution is 0.0947. The average Bonchev–Trinajstić information content (AvgIpc) is 3.37. The van der Waals surface area contributed by atoms with E-state index in [9.17, 15) is 4.79 Å². The number of carbonyl (C=O) groups is 1. The number of aryl methyl sites for hydroxylation is 1. The number of furan rings is 1. The highest BCUT2D eigenvalue weighted by atomic mass is 35.5. The maximum atomic E-state index is 13.1. The van der Waals surface area contributed by atoms with Crippen molar-refractivity contribution in [2.45, 2.75) is 13.5 Å². The molecule has 1 N–H and O–H groups in total. The highest BCUT2D eigenvalue weighted by Gasteiger charge is 2.21. The third-order valence-electron chi connectivity index (χ3n) is 4.31. The monoisotopic (exact) mass is 392 g/mol. The molecule has 0 spiro atoms. The second-order valence-corrected chi connectivity index (χ2v) is 6.62. The maximum absolute atomic E-state index is 13.1. The summed E-state index contributed by atoms with van der Waals surface area (Å²) >= 11 is 6.23. The molecule has 7 heteroatoms. The van der Waals surface area contributed by atoms with Crippen molar-refractivity contribution in [2.24, 2.45) is 0 Å². The summed E-state index contributed by atoms with van der Waals surface area (Å²) in [6.07, 6.45) is 1.54. The van der Waals surface area contributed by atoms with Crippen LogP contribution in [0.2, 0.25) is 5.02 Å². The van der Waals surface area contributed by atoms with Gasteiger partial charge in [-0.1, -0.05) is 48.0 Å². The molecule has 0 fully saturated rings. The number of anilines is 1. The van der Waals surface area contributed by atoms with Crippen LogP contribution in [0.3, 0.4) is 0 Å². The fourth-order valence-electron chi connectivity index (χ4n) is 2.82. The van der Waals surface area contributed by atoms with Crippen LogP contribution < -0.4 is 5.32 Å². The lowest BCUT2D eigenvalue weighted by atomic mass is 10.1. The Morgan fingerprint density at radius 3 is 2.64 bits per heavy atom. The topological polar surface area (TPSA) is 73.0 Å². The van der Waals surface area contributed by atoms with E-state index in [1.807, 2.05) is 49.4 Å². The van der Waals surface area contributed by atoms with Crippen LogP contribution >= 0.6 is 11.6 Å². The van der Waals surface area contributed by atoms with Gasteiger partial charge in [-0.2, -0.15) is 9.67 Å². The molecule has 28 heavy (non-hydrogen) atoms. The van der Waals surface area contributed by atoms with E-state index in [1.54, 1.807) is 18.2 Å². The highest BCUT2D eigenvalue weighted by molar-refractivity contribution is 6.31. The fourth-order valence-corrected chi connectivity index (χ4v) is 3.02. The largest absolute Gasteiger partial charge is 0.461 e. The summed E-state index contributed by atoms with van der Waals surface area (Å²) in [5, 5.41) is 8.17. The Hall–Kier alpha value is -3.38.